The lowest BCUT2D eigenvalue weighted by Crippen LogP contribution is -2.38. The molecule has 1 aromatic carbocycles. The number of nitrogens with zero attached hydrogens (tertiary/aromatic N) is 2. The summed E-state index contributed by atoms with van der Waals surface area (Å²) < 4.78 is 0. The second-order valence-corrected chi connectivity index (χ2v) is 4.68. The predicted molar refractivity (Wildman–Crippen MR) is 75.0 cm³/mol. The maximum atomic E-state index is 8.72. The van der Waals surface area contributed by atoms with Crippen molar-refractivity contribution < 1.29 is 0 Å². The summed E-state index contributed by atoms with van der Waals surface area (Å²) in [5.41, 5.74) is 1.63. The van der Waals surface area contributed by atoms with E-state index in [4.69, 9.17) is 17.5 Å². The Bertz CT molecular complexity index is 417. The van der Waals surface area contributed by atoms with Crippen molar-refractivity contribution in [1.29, 1.82) is 5.26 Å². The molecule has 0 aliphatic heterocycles. The van der Waals surface area contributed by atoms with Crippen LogP contribution in [-0.2, 0) is 0 Å². The number of hydrogen-bond donors (Lipinski definition) is 1. The molecule has 0 unspecified atom stereocenters. The van der Waals surface area contributed by atoms with Crippen molar-refractivity contribution in [2.45, 2.75) is 13.8 Å². The molecule has 0 aliphatic carbocycles. The van der Waals surface area contributed by atoms with Crippen LogP contribution in [0.3, 0.4) is 0 Å². The molecule has 3 nitrogen and oxygen atoms in total. The van der Waals surface area contributed by atoms with Crippen LogP contribution in [0.15, 0.2) is 24.3 Å². The quantitative estimate of drug-likeness (QED) is 0.833. The fraction of sp³-hybridized carbons (Fsp3) is 0.385. The summed E-state index contributed by atoms with van der Waals surface area (Å²) >= 11 is 5.29. The van der Waals surface area contributed by atoms with E-state index in [0.29, 0.717) is 16.6 Å². The van der Waals surface area contributed by atoms with E-state index in [-0.39, 0.29) is 0 Å². The molecule has 0 atom stereocenters. The van der Waals surface area contributed by atoms with Crippen LogP contribution in [0.25, 0.3) is 0 Å². The van der Waals surface area contributed by atoms with Crippen molar-refractivity contribution in [2.75, 3.05) is 18.5 Å². The Kier molecular flexibility index (Phi) is 4.92. The van der Waals surface area contributed by atoms with Gasteiger partial charge in [0.05, 0.1) is 11.6 Å². The average molecular weight is 247 g/mol. The maximum Gasteiger partial charge on any atom is 0.173 e. The van der Waals surface area contributed by atoms with Crippen LogP contribution in [0.5, 0.6) is 0 Å². The predicted octanol–water partition coefficient (Wildman–Crippen LogP) is 2.52. The molecule has 0 heterocycles. The van der Waals surface area contributed by atoms with E-state index < -0.39 is 0 Å². The molecule has 90 valence electrons. The topological polar surface area (TPSA) is 39.1 Å². The van der Waals surface area contributed by atoms with Gasteiger partial charge in [-0.25, -0.2) is 0 Å². The molecule has 1 aromatic rings. The zero-order chi connectivity index (χ0) is 12.8. The standard InChI is InChI=1S/C13H17N3S/c1-10(2)9-15-13(17)16(3)12-6-4-11(8-14)5-7-12/h4-7,10H,9H2,1-3H3,(H,15,17). The molecule has 0 saturated carbocycles. The van der Waals surface area contributed by atoms with E-state index in [1.165, 1.54) is 0 Å². The Morgan fingerprint density at radius 2 is 2.00 bits per heavy atom. The van der Waals surface area contributed by atoms with Crippen LogP contribution < -0.4 is 10.2 Å². The molecule has 0 radical (unpaired) electrons. The molecule has 0 fully saturated rings. The fourth-order valence-corrected chi connectivity index (χ4v) is 1.48. The SMILES string of the molecule is CC(C)CNC(=S)N(C)c1ccc(C#N)cc1. The molecule has 1 N–H and O–H groups in total. The summed E-state index contributed by atoms with van der Waals surface area (Å²) in [5.74, 6) is 0.558. The highest BCUT2D eigenvalue weighted by molar-refractivity contribution is 7.80. The van der Waals surface area contributed by atoms with Gasteiger partial charge >= 0.3 is 0 Å². The second-order valence-electron chi connectivity index (χ2n) is 4.30. The number of nitriles is 1. The van der Waals surface area contributed by atoms with Crippen molar-refractivity contribution >= 4 is 23.0 Å². The number of nitrogens with one attached hydrogen (secondary N) is 1. The molecule has 17 heavy (non-hydrogen) atoms. The van der Waals surface area contributed by atoms with Gasteiger partial charge in [0.15, 0.2) is 5.11 Å². The Balaban J connectivity index is 2.65. The second kappa shape index (κ2) is 6.21. The van der Waals surface area contributed by atoms with E-state index in [9.17, 15) is 0 Å². The monoisotopic (exact) mass is 247 g/mol. The Morgan fingerprint density at radius 3 is 2.47 bits per heavy atom. The third-order valence-electron chi connectivity index (χ3n) is 2.35. The highest BCUT2D eigenvalue weighted by atomic mass is 32.1. The Morgan fingerprint density at radius 1 is 1.41 bits per heavy atom. The van der Waals surface area contributed by atoms with Crippen molar-refractivity contribution in [3.8, 4) is 6.07 Å². The lowest BCUT2D eigenvalue weighted by atomic mass is 10.2. The largest absolute Gasteiger partial charge is 0.362 e. The summed E-state index contributed by atoms with van der Waals surface area (Å²) in [4.78, 5) is 1.90. The number of thiocarbonyl (C=S) groups is 1. The van der Waals surface area contributed by atoms with Gasteiger partial charge in [-0.05, 0) is 42.4 Å². The maximum absolute atomic E-state index is 8.72. The molecule has 1 rings (SSSR count). The van der Waals surface area contributed by atoms with Crippen LogP contribution in [0.1, 0.15) is 19.4 Å². The van der Waals surface area contributed by atoms with Crippen LogP contribution in [0.4, 0.5) is 5.69 Å². The minimum atomic E-state index is 0.558. The number of rotatable bonds is 3. The van der Waals surface area contributed by atoms with E-state index in [0.717, 1.165) is 12.2 Å². The first kappa shape index (κ1) is 13.5. The zero-order valence-corrected chi connectivity index (χ0v) is 11.2. The fourth-order valence-electron chi connectivity index (χ4n) is 1.29. The highest BCUT2D eigenvalue weighted by Gasteiger charge is 2.06. The van der Waals surface area contributed by atoms with Crippen LogP contribution in [-0.4, -0.2) is 18.7 Å². The molecule has 4 heteroatoms. The zero-order valence-electron chi connectivity index (χ0n) is 10.4. The van der Waals surface area contributed by atoms with Gasteiger partial charge in [-0.15, -0.1) is 0 Å². The average Bonchev–Trinajstić information content (AvgIpc) is 2.35. The van der Waals surface area contributed by atoms with Crippen LogP contribution in [0.2, 0.25) is 0 Å². The van der Waals surface area contributed by atoms with Crippen molar-refractivity contribution in [3.63, 3.8) is 0 Å². The molecule has 0 aliphatic rings. The highest BCUT2D eigenvalue weighted by Crippen LogP contribution is 2.13. The van der Waals surface area contributed by atoms with E-state index in [2.05, 4.69) is 25.2 Å². The lowest BCUT2D eigenvalue weighted by Gasteiger charge is -2.22. The molecule has 0 amide bonds. The van der Waals surface area contributed by atoms with E-state index in [1.54, 1.807) is 12.1 Å². The summed E-state index contributed by atoms with van der Waals surface area (Å²) in [6, 6.07) is 9.45. The number of benzene rings is 1. The van der Waals surface area contributed by atoms with Crippen molar-refractivity contribution in [2.24, 2.45) is 5.92 Å². The Hall–Kier alpha value is -1.60. The van der Waals surface area contributed by atoms with Gasteiger partial charge < -0.3 is 10.2 Å². The summed E-state index contributed by atoms with van der Waals surface area (Å²) in [7, 11) is 1.91. The van der Waals surface area contributed by atoms with Gasteiger partial charge in [0.2, 0.25) is 0 Å². The first-order chi connectivity index (χ1) is 8.04. The summed E-state index contributed by atoms with van der Waals surface area (Å²) in [5, 5.41) is 12.6. The first-order valence-corrected chi connectivity index (χ1v) is 5.97. The molecule has 0 spiro atoms. The third-order valence-corrected chi connectivity index (χ3v) is 2.77. The molecular formula is C13H17N3S. The van der Waals surface area contributed by atoms with Gasteiger partial charge in [-0.2, -0.15) is 5.26 Å². The molecular weight excluding hydrogens is 230 g/mol. The third kappa shape index (κ3) is 4.04. The normalized spacial score (nSPS) is 9.82. The smallest absolute Gasteiger partial charge is 0.173 e. The Labute approximate surface area is 108 Å². The lowest BCUT2D eigenvalue weighted by molar-refractivity contribution is 0.625. The van der Waals surface area contributed by atoms with Gasteiger partial charge in [0.1, 0.15) is 0 Å². The van der Waals surface area contributed by atoms with Crippen molar-refractivity contribution in [1.82, 2.24) is 5.32 Å². The number of hydrogen-bond acceptors (Lipinski definition) is 2. The van der Waals surface area contributed by atoms with Gasteiger partial charge in [-0.3, -0.25) is 0 Å². The van der Waals surface area contributed by atoms with E-state index >= 15 is 0 Å². The van der Waals surface area contributed by atoms with Gasteiger partial charge in [0, 0.05) is 19.3 Å². The van der Waals surface area contributed by atoms with E-state index in [1.807, 2.05) is 24.1 Å². The number of anilines is 1. The summed E-state index contributed by atoms with van der Waals surface area (Å²) in [6.45, 7) is 5.13. The minimum absolute atomic E-state index is 0.558. The molecule has 0 aromatic heterocycles. The first-order valence-electron chi connectivity index (χ1n) is 5.56. The van der Waals surface area contributed by atoms with Crippen molar-refractivity contribution in [3.05, 3.63) is 29.8 Å². The summed E-state index contributed by atoms with van der Waals surface area (Å²) in [6.07, 6.45) is 0. The minimum Gasteiger partial charge on any atom is -0.362 e. The molecule has 0 saturated heterocycles. The molecule has 0 bridgehead atoms. The van der Waals surface area contributed by atoms with Crippen LogP contribution in [0, 0.1) is 17.2 Å². The van der Waals surface area contributed by atoms with Gasteiger partial charge in [0.25, 0.3) is 0 Å². The van der Waals surface area contributed by atoms with Crippen LogP contribution >= 0.6 is 12.2 Å². The van der Waals surface area contributed by atoms with Gasteiger partial charge in [-0.1, -0.05) is 13.8 Å².